The summed E-state index contributed by atoms with van der Waals surface area (Å²) in [5.74, 6) is -0.991. The summed E-state index contributed by atoms with van der Waals surface area (Å²) >= 11 is 0. The first-order valence-electron chi connectivity index (χ1n) is 6.16. The zero-order valence-corrected chi connectivity index (χ0v) is 11.1. The molecular weight excluding hydrogens is 262 g/mol. The molecule has 2 aromatic rings. The number of carbonyl (C=O) groups excluding carboxylic acids is 1. The lowest BCUT2D eigenvalue weighted by atomic mass is 10.0. The van der Waals surface area contributed by atoms with Crippen LogP contribution in [0.1, 0.15) is 19.7 Å². The molecule has 2 N–H and O–H groups in total. The van der Waals surface area contributed by atoms with Crippen LogP contribution in [0.25, 0.3) is 5.78 Å². The number of rotatable bonds is 5. The van der Waals surface area contributed by atoms with Gasteiger partial charge in [-0.25, -0.2) is 14.3 Å². The number of nitrogens with one attached hydrogen (secondary N) is 1. The highest BCUT2D eigenvalue weighted by atomic mass is 16.4. The van der Waals surface area contributed by atoms with E-state index in [-0.39, 0.29) is 12.3 Å². The number of aromatic nitrogens is 4. The lowest BCUT2D eigenvalue weighted by molar-refractivity contribution is -0.143. The topological polar surface area (TPSA) is 109 Å². The SMILES string of the molecule is CC(C)[C@@H](NC(=O)Cc1nc2ncccn2n1)C(=O)O. The smallest absolute Gasteiger partial charge is 0.326 e. The predicted octanol–water partition coefficient (Wildman–Crippen LogP) is -0.108. The van der Waals surface area contributed by atoms with Crippen molar-refractivity contribution in [1.82, 2.24) is 24.9 Å². The molecule has 0 radical (unpaired) electrons. The van der Waals surface area contributed by atoms with E-state index in [4.69, 9.17) is 5.11 Å². The van der Waals surface area contributed by atoms with Crippen LogP contribution in [-0.2, 0) is 16.0 Å². The number of aliphatic carboxylic acids is 1. The number of hydrogen-bond donors (Lipinski definition) is 2. The summed E-state index contributed by atoms with van der Waals surface area (Å²) < 4.78 is 1.46. The van der Waals surface area contributed by atoms with E-state index in [0.717, 1.165) is 0 Å². The van der Waals surface area contributed by atoms with Crippen molar-refractivity contribution in [3.05, 3.63) is 24.3 Å². The summed E-state index contributed by atoms with van der Waals surface area (Å²) in [6.07, 6.45) is 3.16. The normalized spacial score (nSPS) is 12.6. The van der Waals surface area contributed by atoms with Gasteiger partial charge in [0.1, 0.15) is 6.04 Å². The third-order valence-corrected chi connectivity index (χ3v) is 2.73. The second kappa shape index (κ2) is 5.64. The van der Waals surface area contributed by atoms with E-state index in [9.17, 15) is 9.59 Å². The Morgan fingerprint density at radius 3 is 2.80 bits per heavy atom. The van der Waals surface area contributed by atoms with Crippen LogP contribution in [-0.4, -0.2) is 42.6 Å². The quantitative estimate of drug-likeness (QED) is 0.789. The third kappa shape index (κ3) is 3.08. The molecular formula is C12H15N5O3. The van der Waals surface area contributed by atoms with Crippen molar-refractivity contribution in [3.8, 4) is 0 Å². The van der Waals surface area contributed by atoms with Crippen LogP contribution in [0.5, 0.6) is 0 Å². The Labute approximate surface area is 114 Å². The molecule has 0 aromatic carbocycles. The molecule has 20 heavy (non-hydrogen) atoms. The predicted molar refractivity (Wildman–Crippen MR) is 68.9 cm³/mol. The van der Waals surface area contributed by atoms with Crippen LogP contribution in [0.15, 0.2) is 18.5 Å². The first-order chi connectivity index (χ1) is 9.47. The molecule has 8 heteroatoms. The largest absolute Gasteiger partial charge is 0.480 e. The minimum Gasteiger partial charge on any atom is -0.480 e. The molecule has 0 aliphatic carbocycles. The lowest BCUT2D eigenvalue weighted by Gasteiger charge is -2.17. The summed E-state index contributed by atoms with van der Waals surface area (Å²) in [6, 6.07) is 0.780. The van der Waals surface area contributed by atoms with Gasteiger partial charge in [-0.1, -0.05) is 13.8 Å². The monoisotopic (exact) mass is 277 g/mol. The van der Waals surface area contributed by atoms with E-state index in [1.165, 1.54) is 4.52 Å². The number of nitrogens with zero attached hydrogens (tertiary/aromatic N) is 4. The van der Waals surface area contributed by atoms with Gasteiger partial charge < -0.3 is 10.4 Å². The van der Waals surface area contributed by atoms with Crippen molar-refractivity contribution in [2.75, 3.05) is 0 Å². The van der Waals surface area contributed by atoms with Gasteiger partial charge >= 0.3 is 5.97 Å². The van der Waals surface area contributed by atoms with Crippen LogP contribution in [0.2, 0.25) is 0 Å². The Bertz CT molecular complexity index is 604. The van der Waals surface area contributed by atoms with Gasteiger partial charge in [0.15, 0.2) is 5.82 Å². The van der Waals surface area contributed by atoms with Crippen LogP contribution in [0.3, 0.4) is 0 Å². The number of carbonyl (C=O) groups is 2. The second-order valence-corrected chi connectivity index (χ2v) is 4.70. The molecule has 0 aliphatic rings. The van der Waals surface area contributed by atoms with E-state index >= 15 is 0 Å². The molecule has 2 rings (SSSR count). The van der Waals surface area contributed by atoms with Crippen molar-refractivity contribution in [2.24, 2.45) is 5.92 Å². The van der Waals surface area contributed by atoms with Gasteiger partial charge in [-0.05, 0) is 12.0 Å². The van der Waals surface area contributed by atoms with Crippen molar-refractivity contribution in [3.63, 3.8) is 0 Å². The molecule has 1 atom stereocenters. The van der Waals surface area contributed by atoms with Crippen molar-refractivity contribution in [1.29, 1.82) is 0 Å². The van der Waals surface area contributed by atoms with E-state index in [0.29, 0.717) is 11.6 Å². The molecule has 0 aliphatic heterocycles. The maximum atomic E-state index is 11.8. The Balaban J connectivity index is 2.05. The molecule has 0 spiro atoms. The third-order valence-electron chi connectivity index (χ3n) is 2.73. The molecule has 0 unspecified atom stereocenters. The summed E-state index contributed by atoms with van der Waals surface area (Å²) in [5, 5.41) is 15.6. The fourth-order valence-electron chi connectivity index (χ4n) is 1.73. The number of carboxylic acid groups (broad SMARTS) is 1. The standard InChI is InChI=1S/C12H15N5O3/c1-7(2)10(11(19)20)15-9(18)6-8-14-12-13-4-3-5-17(12)16-8/h3-5,7,10H,6H2,1-2H3,(H,15,18)(H,19,20)/t10-/m1/s1. The Morgan fingerprint density at radius 1 is 1.45 bits per heavy atom. The van der Waals surface area contributed by atoms with Crippen LogP contribution in [0.4, 0.5) is 0 Å². The van der Waals surface area contributed by atoms with E-state index in [2.05, 4.69) is 20.4 Å². The maximum Gasteiger partial charge on any atom is 0.326 e. The minimum absolute atomic E-state index is 0.0835. The van der Waals surface area contributed by atoms with E-state index in [1.807, 2.05) is 0 Å². The highest BCUT2D eigenvalue weighted by Crippen LogP contribution is 2.03. The van der Waals surface area contributed by atoms with Gasteiger partial charge in [-0.15, -0.1) is 5.10 Å². The number of hydrogen-bond acceptors (Lipinski definition) is 5. The molecule has 106 valence electrons. The van der Waals surface area contributed by atoms with Gasteiger partial charge in [0.05, 0.1) is 6.42 Å². The average Bonchev–Trinajstić information content (AvgIpc) is 2.77. The van der Waals surface area contributed by atoms with Gasteiger partial charge in [0.25, 0.3) is 5.78 Å². The summed E-state index contributed by atoms with van der Waals surface area (Å²) in [4.78, 5) is 30.9. The second-order valence-electron chi connectivity index (χ2n) is 4.70. The molecule has 0 saturated heterocycles. The zero-order valence-electron chi connectivity index (χ0n) is 11.1. The Hall–Kier alpha value is -2.51. The van der Waals surface area contributed by atoms with Gasteiger partial charge in [0.2, 0.25) is 5.91 Å². The molecule has 0 saturated carbocycles. The molecule has 0 fully saturated rings. The molecule has 2 heterocycles. The highest BCUT2D eigenvalue weighted by Gasteiger charge is 2.23. The van der Waals surface area contributed by atoms with Gasteiger partial charge in [0, 0.05) is 12.4 Å². The molecule has 0 bridgehead atoms. The first kappa shape index (κ1) is 13.9. The summed E-state index contributed by atoms with van der Waals surface area (Å²) in [5.41, 5.74) is 0. The number of amides is 1. The lowest BCUT2D eigenvalue weighted by Crippen LogP contribution is -2.45. The van der Waals surface area contributed by atoms with Crippen molar-refractivity contribution in [2.45, 2.75) is 26.3 Å². The van der Waals surface area contributed by atoms with Crippen LogP contribution in [0, 0.1) is 5.92 Å². The Morgan fingerprint density at radius 2 is 2.20 bits per heavy atom. The number of fused-ring (bicyclic) bond motifs is 1. The molecule has 1 amide bonds. The van der Waals surface area contributed by atoms with Crippen LogP contribution >= 0.6 is 0 Å². The highest BCUT2D eigenvalue weighted by molar-refractivity contribution is 5.84. The van der Waals surface area contributed by atoms with Gasteiger partial charge in [-0.2, -0.15) is 4.98 Å². The number of carboxylic acids is 1. The maximum absolute atomic E-state index is 11.8. The average molecular weight is 277 g/mol. The summed E-state index contributed by atoms with van der Waals surface area (Å²) in [7, 11) is 0. The van der Waals surface area contributed by atoms with Crippen molar-refractivity contribution < 1.29 is 14.7 Å². The first-order valence-corrected chi connectivity index (χ1v) is 6.16. The molecule has 8 nitrogen and oxygen atoms in total. The zero-order chi connectivity index (χ0) is 14.7. The Kier molecular flexibility index (Phi) is 3.92. The van der Waals surface area contributed by atoms with E-state index < -0.39 is 17.9 Å². The minimum atomic E-state index is -1.06. The van der Waals surface area contributed by atoms with Crippen LogP contribution < -0.4 is 5.32 Å². The summed E-state index contributed by atoms with van der Waals surface area (Å²) in [6.45, 7) is 3.46. The van der Waals surface area contributed by atoms with Gasteiger partial charge in [-0.3, -0.25) is 4.79 Å². The fraction of sp³-hybridized carbons (Fsp3) is 0.417. The molecule has 2 aromatic heterocycles. The van der Waals surface area contributed by atoms with E-state index in [1.54, 1.807) is 32.3 Å². The fourth-order valence-corrected chi connectivity index (χ4v) is 1.73. The van der Waals surface area contributed by atoms with Crippen molar-refractivity contribution >= 4 is 17.7 Å².